The summed E-state index contributed by atoms with van der Waals surface area (Å²) in [5.74, 6) is -2.59. The molecule has 3 aromatic rings. The van der Waals surface area contributed by atoms with Gasteiger partial charge in [-0.05, 0) is 49.7 Å². The Hall–Kier alpha value is -4.46. The Morgan fingerprint density at radius 2 is 1.28 bits per heavy atom. The third kappa shape index (κ3) is 7.10. The minimum Gasteiger partial charge on any atom is -0.490 e. The zero-order valence-electron chi connectivity index (χ0n) is 21.8. The van der Waals surface area contributed by atoms with E-state index in [2.05, 4.69) is 4.99 Å². The molecule has 1 heterocycles. The minimum absolute atomic E-state index is 0.0270. The molecule has 3 aromatic carbocycles. The quantitative estimate of drug-likeness (QED) is 0.239. The summed E-state index contributed by atoms with van der Waals surface area (Å²) in [4.78, 5) is 31.1. The van der Waals surface area contributed by atoms with Gasteiger partial charge in [-0.1, -0.05) is 54.6 Å². The van der Waals surface area contributed by atoms with E-state index in [0.29, 0.717) is 22.9 Å². The molecular weight excluding hydrogens is 501 g/mol. The van der Waals surface area contributed by atoms with Crippen LogP contribution < -0.4 is 9.47 Å². The first-order valence-electron chi connectivity index (χ1n) is 12.7. The number of para-hydroxylation sites is 2. The van der Waals surface area contributed by atoms with Crippen LogP contribution in [0.4, 0.5) is 4.39 Å². The minimum atomic E-state index is -1.02. The first-order chi connectivity index (χ1) is 19.0. The lowest BCUT2D eigenvalue weighted by molar-refractivity contribution is -0.147. The summed E-state index contributed by atoms with van der Waals surface area (Å²) in [5, 5.41) is 0. The molecule has 0 saturated heterocycles. The predicted molar refractivity (Wildman–Crippen MR) is 144 cm³/mol. The van der Waals surface area contributed by atoms with Gasteiger partial charge in [0.05, 0.1) is 5.57 Å². The average Bonchev–Trinajstić information content (AvgIpc) is 2.94. The molecule has 0 aliphatic carbocycles. The van der Waals surface area contributed by atoms with Crippen molar-refractivity contribution < 1.29 is 32.9 Å². The van der Waals surface area contributed by atoms with Gasteiger partial charge >= 0.3 is 11.9 Å². The number of rotatable bonds is 11. The molecule has 0 radical (unpaired) electrons. The summed E-state index contributed by atoms with van der Waals surface area (Å²) in [6.07, 6.45) is 0. The molecular formula is C31H30FNO6. The Morgan fingerprint density at radius 3 is 1.87 bits per heavy atom. The van der Waals surface area contributed by atoms with E-state index in [0.717, 1.165) is 0 Å². The smallest absolute Gasteiger partial charge is 0.336 e. The van der Waals surface area contributed by atoms with Crippen molar-refractivity contribution in [2.75, 3.05) is 26.4 Å². The number of aliphatic imine (C=N–C) groups is 1. The summed E-state index contributed by atoms with van der Waals surface area (Å²) in [7, 11) is 0. The van der Waals surface area contributed by atoms with Gasteiger partial charge in [0.2, 0.25) is 0 Å². The van der Waals surface area contributed by atoms with E-state index in [1.165, 1.54) is 6.07 Å². The molecule has 8 heteroatoms. The number of halogens is 1. The molecule has 1 aliphatic rings. The normalized spacial score (nSPS) is 16.7. The van der Waals surface area contributed by atoms with Crippen molar-refractivity contribution >= 4 is 17.7 Å². The van der Waals surface area contributed by atoms with Crippen LogP contribution >= 0.6 is 0 Å². The van der Waals surface area contributed by atoms with Crippen LogP contribution in [0.1, 0.15) is 25.3 Å². The Balaban J connectivity index is 1.49. The van der Waals surface area contributed by atoms with Crippen molar-refractivity contribution in [1.82, 2.24) is 0 Å². The fraction of sp³-hybridized carbons (Fsp3) is 0.258. The molecule has 1 aliphatic heterocycles. The van der Waals surface area contributed by atoms with Gasteiger partial charge in [-0.25, -0.2) is 9.18 Å². The van der Waals surface area contributed by atoms with Gasteiger partial charge < -0.3 is 18.9 Å². The molecule has 2 unspecified atom stereocenters. The lowest BCUT2D eigenvalue weighted by Gasteiger charge is -2.31. The van der Waals surface area contributed by atoms with Crippen LogP contribution in [-0.4, -0.2) is 44.1 Å². The maximum atomic E-state index is 15.1. The van der Waals surface area contributed by atoms with E-state index in [1.54, 1.807) is 56.3 Å². The van der Waals surface area contributed by atoms with Crippen LogP contribution in [-0.2, 0) is 19.1 Å². The van der Waals surface area contributed by atoms with Gasteiger partial charge in [0, 0.05) is 17.3 Å². The highest BCUT2D eigenvalue weighted by molar-refractivity contribution is 6.07. The van der Waals surface area contributed by atoms with Crippen molar-refractivity contribution in [3.63, 3.8) is 0 Å². The summed E-state index contributed by atoms with van der Waals surface area (Å²) in [5.41, 5.74) is 1.05. The third-order valence-corrected chi connectivity index (χ3v) is 6.21. The first kappa shape index (κ1) is 27.6. The predicted octanol–water partition coefficient (Wildman–Crippen LogP) is 5.52. The van der Waals surface area contributed by atoms with Gasteiger partial charge in [-0.2, -0.15) is 0 Å². The lowest BCUT2D eigenvalue weighted by atomic mass is 9.75. The van der Waals surface area contributed by atoms with Crippen LogP contribution in [0.15, 0.2) is 101 Å². The van der Waals surface area contributed by atoms with Gasteiger partial charge in [-0.3, -0.25) is 9.79 Å². The van der Waals surface area contributed by atoms with Crippen LogP contribution in [0.5, 0.6) is 11.5 Å². The fourth-order valence-electron chi connectivity index (χ4n) is 4.47. The standard InChI is InChI=1S/C31H30FNO6/c1-21-27(30(34)38-19-17-36-23-11-5-3-6-12-23)29(25-15-9-10-16-26(25)32)28(22(2)33-21)31(35)39-20-18-37-24-13-7-4-8-14-24/h3-16,27,29H,17-20H2,1-2H3. The summed E-state index contributed by atoms with van der Waals surface area (Å²) >= 11 is 0. The number of hydrogen-bond acceptors (Lipinski definition) is 7. The number of benzene rings is 3. The molecule has 0 bridgehead atoms. The molecule has 4 rings (SSSR count). The highest BCUT2D eigenvalue weighted by Crippen LogP contribution is 2.41. The summed E-state index contributed by atoms with van der Waals surface area (Å²) < 4.78 is 37.3. The van der Waals surface area contributed by atoms with Crippen molar-refractivity contribution in [3.8, 4) is 11.5 Å². The Labute approximate surface area is 226 Å². The SMILES string of the molecule is CC1=NC(C)=C(C(=O)OCCOc2ccccc2)C(c2ccccc2F)C1C(=O)OCCOc1ccccc1. The van der Waals surface area contributed by atoms with Crippen molar-refractivity contribution in [2.45, 2.75) is 19.8 Å². The number of nitrogens with zero attached hydrogens (tertiary/aromatic N) is 1. The first-order valence-corrected chi connectivity index (χ1v) is 12.7. The van der Waals surface area contributed by atoms with Gasteiger partial charge in [0.15, 0.2) is 0 Å². The number of carbonyl (C=O) groups excluding carboxylic acids is 2. The monoisotopic (exact) mass is 531 g/mol. The van der Waals surface area contributed by atoms with Crippen molar-refractivity contribution in [2.24, 2.45) is 10.9 Å². The largest absolute Gasteiger partial charge is 0.490 e. The molecule has 0 fully saturated rings. The molecule has 0 N–H and O–H groups in total. The summed E-state index contributed by atoms with van der Waals surface area (Å²) in [6.45, 7) is 3.50. The van der Waals surface area contributed by atoms with E-state index in [1.807, 2.05) is 36.4 Å². The number of esters is 2. The van der Waals surface area contributed by atoms with Crippen LogP contribution in [0.25, 0.3) is 0 Å². The molecule has 39 heavy (non-hydrogen) atoms. The molecule has 0 saturated carbocycles. The number of carbonyl (C=O) groups is 2. The third-order valence-electron chi connectivity index (χ3n) is 6.21. The Bertz CT molecular complexity index is 1340. The Morgan fingerprint density at radius 1 is 0.744 bits per heavy atom. The second-order valence-corrected chi connectivity index (χ2v) is 8.86. The van der Waals surface area contributed by atoms with Crippen LogP contribution in [0, 0.1) is 11.7 Å². The second-order valence-electron chi connectivity index (χ2n) is 8.86. The van der Waals surface area contributed by atoms with Crippen molar-refractivity contribution in [1.29, 1.82) is 0 Å². The molecule has 0 spiro atoms. The van der Waals surface area contributed by atoms with Crippen LogP contribution in [0.2, 0.25) is 0 Å². The maximum Gasteiger partial charge on any atom is 0.336 e. The molecule has 2 atom stereocenters. The van der Waals surface area contributed by atoms with E-state index in [4.69, 9.17) is 18.9 Å². The zero-order chi connectivity index (χ0) is 27.6. The average molecular weight is 532 g/mol. The highest BCUT2D eigenvalue weighted by Gasteiger charge is 2.43. The number of ether oxygens (including phenoxy) is 4. The molecule has 0 aromatic heterocycles. The second kappa shape index (κ2) is 13.4. The van der Waals surface area contributed by atoms with Crippen molar-refractivity contribution in [3.05, 3.63) is 108 Å². The van der Waals surface area contributed by atoms with Gasteiger partial charge in [0.25, 0.3) is 0 Å². The van der Waals surface area contributed by atoms with Gasteiger partial charge in [0.1, 0.15) is 49.7 Å². The highest BCUT2D eigenvalue weighted by atomic mass is 19.1. The maximum absolute atomic E-state index is 15.1. The van der Waals surface area contributed by atoms with Gasteiger partial charge in [-0.15, -0.1) is 0 Å². The lowest BCUT2D eigenvalue weighted by Crippen LogP contribution is -2.37. The molecule has 0 amide bonds. The Kier molecular flexibility index (Phi) is 9.45. The summed E-state index contributed by atoms with van der Waals surface area (Å²) in [6, 6.07) is 24.3. The molecule has 202 valence electrons. The number of allylic oxidation sites excluding steroid dienone is 1. The van der Waals surface area contributed by atoms with E-state index in [9.17, 15) is 9.59 Å². The topological polar surface area (TPSA) is 83.4 Å². The van der Waals surface area contributed by atoms with E-state index >= 15 is 4.39 Å². The number of hydrogen-bond donors (Lipinski definition) is 0. The zero-order valence-corrected chi connectivity index (χ0v) is 21.8. The molecule has 7 nitrogen and oxygen atoms in total. The van der Waals surface area contributed by atoms with E-state index in [-0.39, 0.29) is 37.6 Å². The van der Waals surface area contributed by atoms with E-state index < -0.39 is 29.6 Å². The van der Waals surface area contributed by atoms with Crippen LogP contribution in [0.3, 0.4) is 0 Å². The fourth-order valence-corrected chi connectivity index (χ4v) is 4.47.